The van der Waals surface area contributed by atoms with E-state index in [0.29, 0.717) is 12.1 Å². The lowest BCUT2D eigenvalue weighted by Gasteiger charge is -2.38. The minimum Gasteiger partial charge on any atom is -0.478 e. The van der Waals surface area contributed by atoms with Crippen molar-refractivity contribution in [1.29, 1.82) is 0 Å². The van der Waals surface area contributed by atoms with Crippen LogP contribution in [0.25, 0.3) is 0 Å². The minimum absolute atomic E-state index is 0.0401. The number of carbonyl (C=O) groups excluding carboxylic acids is 1. The standard InChI is InChI=1S/C29H33N3O4/c1-30-29(35)32(20-15-22-9-13-27(14-10-22)36-26-5-3-2-4-6-26)25-16-18-31(19-17-25)21-23-7-11-24(12-8-23)28(33)34/h2-14,25H,15-21H2,1H3,(H,30,35)(H,33,34). The van der Waals surface area contributed by atoms with Crippen molar-refractivity contribution in [2.75, 3.05) is 26.7 Å². The van der Waals surface area contributed by atoms with Crippen molar-refractivity contribution < 1.29 is 19.4 Å². The summed E-state index contributed by atoms with van der Waals surface area (Å²) in [6.45, 7) is 3.22. The monoisotopic (exact) mass is 487 g/mol. The molecule has 0 unspecified atom stereocenters. The highest BCUT2D eigenvalue weighted by molar-refractivity contribution is 5.87. The van der Waals surface area contributed by atoms with Crippen molar-refractivity contribution in [1.82, 2.24) is 15.1 Å². The van der Waals surface area contributed by atoms with Crippen molar-refractivity contribution in [3.63, 3.8) is 0 Å². The van der Waals surface area contributed by atoms with Crippen molar-refractivity contribution in [3.05, 3.63) is 95.6 Å². The highest BCUT2D eigenvalue weighted by Gasteiger charge is 2.27. The van der Waals surface area contributed by atoms with E-state index in [0.717, 1.165) is 61.5 Å². The average molecular weight is 488 g/mol. The van der Waals surface area contributed by atoms with Crippen LogP contribution in [0.15, 0.2) is 78.9 Å². The molecule has 1 fully saturated rings. The van der Waals surface area contributed by atoms with E-state index in [4.69, 9.17) is 9.84 Å². The van der Waals surface area contributed by atoms with Crippen LogP contribution in [0.5, 0.6) is 11.5 Å². The molecule has 7 heteroatoms. The smallest absolute Gasteiger partial charge is 0.335 e. The van der Waals surface area contributed by atoms with Gasteiger partial charge < -0.3 is 20.1 Å². The summed E-state index contributed by atoms with van der Waals surface area (Å²) in [6, 6.07) is 24.9. The number of carboxylic acid groups (broad SMARTS) is 1. The Bertz CT molecular complexity index is 1130. The van der Waals surface area contributed by atoms with E-state index in [1.807, 2.05) is 59.5 Å². The van der Waals surface area contributed by atoms with Crippen molar-refractivity contribution in [2.24, 2.45) is 0 Å². The number of carboxylic acids is 1. The Labute approximate surface area is 212 Å². The van der Waals surface area contributed by atoms with Crippen LogP contribution in [-0.2, 0) is 13.0 Å². The molecule has 36 heavy (non-hydrogen) atoms. The Morgan fingerprint density at radius 1 is 0.917 bits per heavy atom. The number of para-hydroxylation sites is 1. The molecule has 2 N–H and O–H groups in total. The third-order valence-corrected chi connectivity index (χ3v) is 6.62. The normalized spacial score (nSPS) is 14.2. The summed E-state index contributed by atoms with van der Waals surface area (Å²) >= 11 is 0. The van der Waals surface area contributed by atoms with Crippen LogP contribution in [0, 0.1) is 0 Å². The molecule has 3 aromatic carbocycles. The number of ether oxygens (including phenoxy) is 1. The first-order valence-corrected chi connectivity index (χ1v) is 12.4. The number of rotatable bonds is 9. The molecule has 4 rings (SSSR count). The Morgan fingerprint density at radius 3 is 2.14 bits per heavy atom. The number of hydrogen-bond donors (Lipinski definition) is 2. The average Bonchev–Trinajstić information content (AvgIpc) is 2.91. The molecule has 3 aromatic rings. The number of benzene rings is 3. The van der Waals surface area contributed by atoms with Crippen molar-refractivity contribution in [2.45, 2.75) is 31.8 Å². The number of piperidine rings is 1. The van der Waals surface area contributed by atoms with Gasteiger partial charge in [-0.05, 0) is 66.8 Å². The fourth-order valence-corrected chi connectivity index (χ4v) is 4.59. The molecule has 1 saturated heterocycles. The second-order valence-electron chi connectivity index (χ2n) is 9.07. The van der Waals surface area contributed by atoms with Crippen LogP contribution in [0.4, 0.5) is 4.79 Å². The maximum Gasteiger partial charge on any atom is 0.335 e. The quantitative estimate of drug-likeness (QED) is 0.443. The molecule has 0 radical (unpaired) electrons. The Balaban J connectivity index is 1.28. The van der Waals surface area contributed by atoms with Crippen LogP contribution >= 0.6 is 0 Å². The molecule has 0 spiro atoms. The van der Waals surface area contributed by atoms with Gasteiger partial charge in [-0.2, -0.15) is 0 Å². The van der Waals surface area contributed by atoms with Gasteiger partial charge in [-0.3, -0.25) is 4.90 Å². The molecular weight excluding hydrogens is 454 g/mol. The fraction of sp³-hybridized carbons (Fsp3) is 0.310. The number of carbonyl (C=O) groups is 2. The molecule has 0 saturated carbocycles. The van der Waals surface area contributed by atoms with E-state index in [2.05, 4.69) is 22.3 Å². The molecule has 0 bridgehead atoms. The lowest BCUT2D eigenvalue weighted by Crippen LogP contribution is -2.50. The number of likely N-dealkylation sites (tertiary alicyclic amines) is 1. The largest absolute Gasteiger partial charge is 0.478 e. The zero-order valence-electron chi connectivity index (χ0n) is 20.6. The van der Waals surface area contributed by atoms with Crippen molar-refractivity contribution >= 4 is 12.0 Å². The highest BCUT2D eigenvalue weighted by Crippen LogP contribution is 2.23. The topological polar surface area (TPSA) is 82.1 Å². The third kappa shape index (κ3) is 6.86. The summed E-state index contributed by atoms with van der Waals surface area (Å²) in [5.74, 6) is 0.686. The van der Waals surface area contributed by atoms with Gasteiger partial charge in [0.2, 0.25) is 0 Å². The second-order valence-corrected chi connectivity index (χ2v) is 9.07. The second kappa shape index (κ2) is 12.2. The molecule has 0 aromatic heterocycles. The van der Waals surface area contributed by atoms with Crippen LogP contribution in [0.2, 0.25) is 0 Å². The fourth-order valence-electron chi connectivity index (χ4n) is 4.59. The zero-order valence-corrected chi connectivity index (χ0v) is 20.6. The maximum absolute atomic E-state index is 12.7. The predicted molar refractivity (Wildman–Crippen MR) is 140 cm³/mol. The Kier molecular flexibility index (Phi) is 8.57. The summed E-state index contributed by atoms with van der Waals surface area (Å²) in [7, 11) is 1.68. The van der Waals surface area contributed by atoms with E-state index in [-0.39, 0.29) is 12.1 Å². The van der Waals surface area contributed by atoms with E-state index in [1.165, 1.54) is 0 Å². The maximum atomic E-state index is 12.7. The Morgan fingerprint density at radius 2 is 1.53 bits per heavy atom. The first-order chi connectivity index (χ1) is 17.5. The van der Waals surface area contributed by atoms with Crippen LogP contribution < -0.4 is 10.1 Å². The zero-order chi connectivity index (χ0) is 25.3. The number of amides is 2. The molecule has 0 aliphatic carbocycles. The van der Waals surface area contributed by atoms with Crippen LogP contribution in [-0.4, -0.2) is 59.6 Å². The lowest BCUT2D eigenvalue weighted by molar-refractivity contribution is 0.0696. The Hall–Kier alpha value is -3.84. The first-order valence-electron chi connectivity index (χ1n) is 12.4. The molecule has 1 aliphatic rings. The number of nitrogens with zero attached hydrogens (tertiary/aromatic N) is 2. The predicted octanol–water partition coefficient (Wildman–Crippen LogP) is 5.03. The van der Waals surface area contributed by atoms with E-state index in [1.54, 1.807) is 19.2 Å². The summed E-state index contributed by atoms with van der Waals surface area (Å²) in [5, 5.41) is 11.9. The van der Waals surface area contributed by atoms with Crippen LogP contribution in [0.1, 0.15) is 34.3 Å². The van der Waals surface area contributed by atoms with Gasteiger partial charge in [0.25, 0.3) is 0 Å². The summed E-state index contributed by atoms with van der Waals surface area (Å²) < 4.78 is 5.87. The van der Waals surface area contributed by atoms with Gasteiger partial charge in [-0.1, -0.05) is 42.5 Å². The van der Waals surface area contributed by atoms with Gasteiger partial charge >= 0.3 is 12.0 Å². The van der Waals surface area contributed by atoms with E-state index < -0.39 is 5.97 Å². The molecule has 1 aliphatic heterocycles. The number of hydrogen-bond acceptors (Lipinski definition) is 4. The van der Waals surface area contributed by atoms with Gasteiger partial charge in [0, 0.05) is 39.3 Å². The molecule has 1 heterocycles. The number of urea groups is 1. The molecule has 188 valence electrons. The molecular formula is C29H33N3O4. The van der Waals surface area contributed by atoms with Gasteiger partial charge in [-0.15, -0.1) is 0 Å². The lowest BCUT2D eigenvalue weighted by atomic mass is 10.0. The van der Waals surface area contributed by atoms with Crippen molar-refractivity contribution in [3.8, 4) is 11.5 Å². The highest BCUT2D eigenvalue weighted by atomic mass is 16.5. The molecule has 7 nitrogen and oxygen atoms in total. The van der Waals surface area contributed by atoms with Gasteiger partial charge in [0.05, 0.1) is 5.56 Å². The number of aromatic carboxylic acids is 1. The van der Waals surface area contributed by atoms with Gasteiger partial charge in [0.1, 0.15) is 11.5 Å². The summed E-state index contributed by atoms with van der Waals surface area (Å²) in [5.41, 5.74) is 2.56. The molecule has 2 amide bonds. The summed E-state index contributed by atoms with van der Waals surface area (Å²) in [6.07, 6.45) is 2.59. The van der Waals surface area contributed by atoms with Crippen LogP contribution in [0.3, 0.4) is 0 Å². The molecule has 0 atom stereocenters. The third-order valence-electron chi connectivity index (χ3n) is 6.62. The van der Waals surface area contributed by atoms with E-state index in [9.17, 15) is 9.59 Å². The van der Waals surface area contributed by atoms with Gasteiger partial charge in [-0.25, -0.2) is 9.59 Å². The SMILES string of the molecule is CNC(=O)N(CCc1ccc(Oc2ccccc2)cc1)C1CCN(Cc2ccc(C(=O)O)cc2)CC1. The van der Waals surface area contributed by atoms with E-state index >= 15 is 0 Å². The number of nitrogens with one attached hydrogen (secondary N) is 1. The van der Waals surface area contributed by atoms with Gasteiger partial charge in [0.15, 0.2) is 0 Å². The summed E-state index contributed by atoms with van der Waals surface area (Å²) in [4.78, 5) is 28.1. The first kappa shape index (κ1) is 25.3. The minimum atomic E-state index is -0.909.